The highest BCUT2D eigenvalue weighted by molar-refractivity contribution is 6.03. The predicted molar refractivity (Wildman–Crippen MR) is 60.7 cm³/mol. The van der Waals surface area contributed by atoms with Gasteiger partial charge in [-0.2, -0.15) is 0 Å². The molecule has 0 spiro atoms. The number of hydroxylamine groups is 3. The molecule has 0 unspecified atom stereocenters. The molecule has 1 aromatic rings. The van der Waals surface area contributed by atoms with Crippen LogP contribution in [0.4, 0.5) is 5.69 Å². The lowest BCUT2D eigenvalue weighted by molar-refractivity contribution is -0.322. The van der Waals surface area contributed by atoms with Crippen molar-refractivity contribution in [3.63, 3.8) is 0 Å². The smallest absolute Gasteiger partial charge is 0.281 e. The largest absolute Gasteiger partial charge is 0.497 e. The van der Waals surface area contributed by atoms with E-state index in [2.05, 4.69) is 15.7 Å². The zero-order chi connectivity index (χ0) is 13.1. The fourth-order valence-electron chi connectivity index (χ4n) is 1.39. The van der Waals surface area contributed by atoms with Crippen LogP contribution in [0.2, 0.25) is 0 Å². The molecule has 2 rings (SSSR count). The van der Waals surface area contributed by atoms with Crippen LogP contribution in [0, 0.1) is 0 Å². The summed E-state index contributed by atoms with van der Waals surface area (Å²) in [6, 6.07) is 6.75. The number of anilines is 1. The first kappa shape index (κ1) is 12.0. The van der Waals surface area contributed by atoms with Crippen molar-refractivity contribution in [1.29, 1.82) is 0 Å². The van der Waals surface area contributed by atoms with Crippen molar-refractivity contribution in [3.05, 3.63) is 35.8 Å². The van der Waals surface area contributed by atoms with E-state index in [1.165, 1.54) is 7.11 Å². The van der Waals surface area contributed by atoms with E-state index in [1.807, 2.05) is 0 Å². The molecule has 0 fully saturated rings. The van der Waals surface area contributed by atoms with Crippen molar-refractivity contribution in [1.82, 2.24) is 10.7 Å². The summed E-state index contributed by atoms with van der Waals surface area (Å²) in [6.45, 7) is 0. The van der Waals surface area contributed by atoms with Gasteiger partial charge in [-0.25, -0.2) is 5.48 Å². The van der Waals surface area contributed by atoms with Crippen LogP contribution in [-0.2, 0) is 9.73 Å². The van der Waals surface area contributed by atoms with Crippen molar-refractivity contribution < 1.29 is 19.7 Å². The summed E-state index contributed by atoms with van der Waals surface area (Å²) in [5.74, 6) is -0.109. The van der Waals surface area contributed by atoms with Crippen molar-refractivity contribution in [2.75, 3.05) is 12.4 Å². The molecule has 0 saturated heterocycles. The number of amides is 1. The fraction of sp³-hybridized carbons (Fsp3) is 0.100. The number of ether oxygens (including phenoxy) is 1. The second kappa shape index (κ2) is 4.82. The van der Waals surface area contributed by atoms with E-state index in [0.29, 0.717) is 11.4 Å². The first-order chi connectivity index (χ1) is 8.61. The number of nitrogens with zero attached hydrogens (tertiary/aromatic N) is 1. The molecular weight excluding hydrogens is 240 g/mol. The number of nitrogens with two attached hydrogens (primary N) is 1. The van der Waals surface area contributed by atoms with Crippen LogP contribution in [0.25, 0.3) is 0 Å². The monoisotopic (exact) mass is 252 g/mol. The molecule has 1 aromatic carbocycles. The molecule has 0 saturated carbocycles. The van der Waals surface area contributed by atoms with Gasteiger partial charge in [0.15, 0.2) is 5.82 Å². The number of nitrogens with one attached hydrogen (secondary N) is 2. The van der Waals surface area contributed by atoms with Gasteiger partial charge in [-0.15, -0.1) is 4.94 Å². The predicted octanol–water partition coefficient (Wildman–Crippen LogP) is -0.0975. The van der Waals surface area contributed by atoms with Crippen molar-refractivity contribution in [2.45, 2.75) is 0 Å². The first-order valence-electron chi connectivity index (χ1n) is 4.99. The van der Waals surface area contributed by atoms with Crippen molar-refractivity contribution in [2.24, 2.45) is 5.73 Å². The number of benzene rings is 1. The Kier molecular flexibility index (Phi) is 3.22. The summed E-state index contributed by atoms with van der Waals surface area (Å²) in [5, 5.41) is 12.0. The molecule has 1 aliphatic rings. The fourth-order valence-corrected chi connectivity index (χ4v) is 1.39. The summed E-state index contributed by atoms with van der Waals surface area (Å²) in [6.07, 6.45) is 0. The lowest BCUT2D eigenvalue weighted by atomic mass is 10.3. The van der Waals surface area contributed by atoms with Gasteiger partial charge in [-0.1, -0.05) is 11.3 Å². The van der Waals surface area contributed by atoms with Gasteiger partial charge in [0.1, 0.15) is 5.75 Å². The Bertz CT molecular complexity index is 502. The van der Waals surface area contributed by atoms with Crippen LogP contribution >= 0.6 is 0 Å². The Balaban J connectivity index is 2.14. The van der Waals surface area contributed by atoms with Crippen LogP contribution in [-0.4, -0.2) is 23.5 Å². The molecule has 1 amide bonds. The Hall–Kier alpha value is -2.45. The molecule has 0 radical (unpaired) electrons. The molecule has 5 N–H and O–H groups in total. The standard InChI is InChI=1S/C10H12N4O4/c1-17-7-4-2-3-6(5-7)12-10(15)8-9(11)13-18-14(8)16/h2-5,13,16H,11H2,1H3,(H,12,15). The van der Waals surface area contributed by atoms with Crippen LogP contribution in [0.3, 0.4) is 0 Å². The molecule has 8 nitrogen and oxygen atoms in total. The number of hydrogen-bond donors (Lipinski definition) is 4. The molecule has 1 heterocycles. The van der Waals surface area contributed by atoms with Gasteiger partial charge >= 0.3 is 0 Å². The van der Waals surface area contributed by atoms with Crippen molar-refractivity contribution >= 4 is 11.6 Å². The zero-order valence-corrected chi connectivity index (χ0v) is 9.51. The average molecular weight is 252 g/mol. The maximum absolute atomic E-state index is 11.8. The van der Waals surface area contributed by atoms with E-state index >= 15 is 0 Å². The van der Waals surface area contributed by atoms with Gasteiger partial charge in [-0.3, -0.25) is 10.0 Å². The third kappa shape index (κ3) is 2.29. The van der Waals surface area contributed by atoms with Crippen LogP contribution in [0.1, 0.15) is 0 Å². The highest BCUT2D eigenvalue weighted by Gasteiger charge is 2.27. The lowest BCUT2D eigenvalue weighted by Crippen LogP contribution is -2.25. The normalized spacial score (nSPS) is 14.4. The summed E-state index contributed by atoms with van der Waals surface area (Å²) in [5.41, 5.74) is 7.87. The van der Waals surface area contributed by atoms with Gasteiger partial charge in [-0.05, 0) is 12.1 Å². The van der Waals surface area contributed by atoms with Crippen LogP contribution in [0.5, 0.6) is 5.75 Å². The maximum atomic E-state index is 11.8. The minimum Gasteiger partial charge on any atom is -0.497 e. The van der Waals surface area contributed by atoms with E-state index in [0.717, 1.165) is 0 Å². The molecule has 96 valence electrons. The first-order valence-corrected chi connectivity index (χ1v) is 4.99. The molecule has 1 aliphatic heterocycles. The topological polar surface area (TPSA) is 109 Å². The molecule has 0 aliphatic carbocycles. The van der Waals surface area contributed by atoms with Crippen LogP contribution < -0.4 is 21.3 Å². The minimum atomic E-state index is -0.617. The Morgan fingerprint density at radius 2 is 2.39 bits per heavy atom. The average Bonchev–Trinajstić information content (AvgIpc) is 2.69. The summed E-state index contributed by atoms with van der Waals surface area (Å²) < 4.78 is 5.02. The SMILES string of the molecule is COc1cccc(NC(=O)C2=C(N)NON2O)c1. The summed E-state index contributed by atoms with van der Waals surface area (Å²) >= 11 is 0. The Morgan fingerprint density at radius 1 is 1.61 bits per heavy atom. The van der Waals surface area contributed by atoms with Gasteiger partial charge in [0.25, 0.3) is 5.91 Å². The van der Waals surface area contributed by atoms with E-state index in [1.54, 1.807) is 24.3 Å². The molecule has 0 bridgehead atoms. The molecule has 0 atom stereocenters. The molecular formula is C10H12N4O4. The van der Waals surface area contributed by atoms with Gasteiger partial charge in [0.2, 0.25) is 5.70 Å². The van der Waals surface area contributed by atoms with E-state index < -0.39 is 5.91 Å². The molecule has 0 aromatic heterocycles. The summed E-state index contributed by atoms with van der Waals surface area (Å²) in [7, 11) is 1.52. The minimum absolute atomic E-state index is 0.0853. The van der Waals surface area contributed by atoms with Crippen molar-refractivity contribution in [3.8, 4) is 5.75 Å². The van der Waals surface area contributed by atoms with E-state index in [-0.39, 0.29) is 16.7 Å². The number of rotatable bonds is 3. The van der Waals surface area contributed by atoms with E-state index in [9.17, 15) is 10.0 Å². The Morgan fingerprint density at radius 3 is 3.00 bits per heavy atom. The third-order valence-corrected chi connectivity index (χ3v) is 2.23. The zero-order valence-electron chi connectivity index (χ0n) is 9.51. The van der Waals surface area contributed by atoms with Gasteiger partial charge in [0, 0.05) is 11.8 Å². The number of carbonyl (C=O) groups excluding carboxylic acids is 1. The number of carbonyl (C=O) groups is 1. The highest BCUT2D eigenvalue weighted by atomic mass is 17.0. The van der Waals surface area contributed by atoms with Crippen LogP contribution in [0.15, 0.2) is 35.8 Å². The summed E-state index contributed by atoms with van der Waals surface area (Å²) in [4.78, 5) is 16.3. The quantitative estimate of drug-likeness (QED) is 0.594. The second-order valence-corrected chi connectivity index (χ2v) is 3.41. The van der Waals surface area contributed by atoms with E-state index in [4.69, 9.17) is 10.5 Å². The lowest BCUT2D eigenvalue weighted by Gasteiger charge is -2.10. The molecule has 8 heteroatoms. The second-order valence-electron chi connectivity index (χ2n) is 3.41. The van der Waals surface area contributed by atoms with Gasteiger partial charge in [0.05, 0.1) is 7.11 Å². The maximum Gasteiger partial charge on any atom is 0.281 e. The Labute approximate surface area is 102 Å². The van der Waals surface area contributed by atoms with Gasteiger partial charge < -0.3 is 15.8 Å². The third-order valence-electron chi connectivity index (χ3n) is 2.23. The molecule has 18 heavy (non-hydrogen) atoms. The number of hydrogen-bond acceptors (Lipinski definition) is 7. The highest BCUT2D eigenvalue weighted by Crippen LogP contribution is 2.18. The number of methoxy groups -OCH3 is 1.